The fourth-order valence-electron chi connectivity index (χ4n) is 3.78. The van der Waals surface area contributed by atoms with Crippen LogP contribution in [0.3, 0.4) is 0 Å². The molecule has 1 saturated heterocycles. The molecule has 3 rings (SSSR count). The predicted molar refractivity (Wildman–Crippen MR) is 115 cm³/mol. The highest BCUT2D eigenvalue weighted by Crippen LogP contribution is 2.24. The summed E-state index contributed by atoms with van der Waals surface area (Å²) in [6.07, 6.45) is 4.51. The molecule has 0 aliphatic carbocycles. The highest BCUT2D eigenvalue weighted by atomic mass is 32.2. The predicted octanol–water partition coefficient (Wildman–Crippen LogP) is 3.01. The van der Waals surface area contributed by atoms with Crippen LogP contribution in [0, 0.1) is 5.92 Å². The number of piperidine rings is 1. The van der Waals surface area contributed by atoms with E-state index in [2.05, 4.69) is 34.5 Å². The first-order valence-electron chi connectivity index (χ1n) is 10.0. The smallest absolute Gasteiger partial charge is 0.241 e. The minimum absolute atomic E-state index is 0.0288. The van der Waals surface area contributed by atoms with Crippen LogP contribution in [0.15, 0.2) is 59.5 Å². The average molecular weight is 416 g/mol. The molecule has 1 fully saturated rings. The van der Waals surface area contributed by atoms with E-state index in [0.717, 1.165) is 32.4 Å². The lowest BCUT2D eigenvalue weighted by Crippen LogP contribution is -2.46. The number of anilines is 1. The molecule has 0 bridgehead atoms. The van der Waals surface area contributed by atoms with Gasteiger partial charge in [-0.25, -0.2) is 13.6 Å². The van der Waals surface area contributed by atoms with Crippen LogP contribution in [0.25, 0.3) is 0 Å². The highest BCUT2D eigenvalue weighted by molar-refractivity contribution is 7.89. The first-order valence-corrected chi connectivity index (χ1v) is 11.6. The number of nitrogens with one attached hydrogen (secondary N) is 1. The lowest BCUT2D eigenvalue weighted by atomic mass is 9.90. The van der Waals surface area contributed by atoms with Crippen molar-refractivity contribution < 1.29 is 13.2 Å². The Kier molecular flexibility index (Phi) is 7.05. The van der Waals surface area contributed by atoms with Crippen LogP contribution in [0.4, 0.5) is 5.69 Å². The Balaban J connectivity index is 1.46. The maximum absolute atomic E-state index is 12.6. The van der Waals surface area contributed by atoms with Crippen molar-refractivity contribution in [2.24, 2.45) is 11.1 Å². The van der Waals surface area contributed by atoms with Crippen molar-refractivity contribution in [2.45, 2.75) is 43.5 Å². The van der Waals surface area contributed by atoms with Crippen molar-refractivity contribution in [3.63, 3.8) is 0 Å². The number of amides is 1. The van der Waals surface area contributed by atoms with E-state index in [4.69, 9.17) is 5.14 Å². The van der Waals surface area contributed by atoms with Gasteiger partial charge in [-0.3, -0.25) is 9.69 Å². The molecular formula is C22H29N3O3S. The fourth-order valence-corrected chi connectivity index (χ4v) is 4.30. The molecule has 1 heterocycles. The van der Waals surface area contributed by atoms with Gasteiger partial charge in [-0.15, -0.1) is 0 Å². The highest BCUT2D eigenvalue weighted by Gasteiger charge is 2.26. The lowest BCUT2D eigenvalue weighted by Gasteiger charge is -2.35. The molecule has 29 heavy (non-hydrogen) atoms. The second-order valence-corrected chi connectivity index (χ2v) is 9.30. The van der Waals surface area contributed by atoms with Gasteiger partial charge >= 0.3 is 0 Å². The molecule has 0 spiro atoms. The van der Waals surface area contributed by atoms with E-state index in [1.807, 2.05) is 13.0 Å². The quantitative estimate of drug-likeness (QED) is 0.727. The third-order valence-electron chi connectivity index (χ3n) is 5.71. The van der Waals surface area contributed by atoms with E-state index in [1.54, 1.807) is 12.1 Å². The van der Waals surface area contributed by atoms with Crippen molar-refractivity contribution in [3.8, 4) is 0 Å². The molecule has 0 saturated carbocycles. The van der Waals surface area contributed by atoms with Gasteiger partial charge in [-0.05, 0) is 81.4 Å². The summed E-state index contributed by atoms with van der Waals surface area (Å²) in [7, 11) is -3.73. The minimum atomic E-state index is -3.73. The second kappa shape index (κ2) is 9.52. The maximum Gasteiger partial charge on any atom is 0.241 e. The largest absolute Gasteiger partial charge is 0.325 e. The zero-order valence-corrected chi connectivity index (χ0v) is 17.6. The third kappa shape index (κ3) is 6.13. The molecular weight excluding hydrogens is 386 g/mol. The van der Waals surface area contributed by atoms with Gasteiger partial charge in [-0.1, -0.05) is 30.3 Å². The fraction of sp³-hybridized carbons (Fsp3) is 0.409. The van der Waals surface area contributed by atoms with Crippen LogP contribution in [0.1, 0.15) is 31.7 Å². The van der Waals surface area contributed by atoms with Crippen LogP contribution in [-0.4, -0.2) is 38.4 Å². The number of carbonyl (C=O) groups is 1. The standard InChI is InChI=1S/C22H29N3O3S/c1-17(22(26)24-20-9-11-21(12-10-20)29(23,27)28)25-15-13-19(14-16-25)8-7-18-5-3-2-4-6-18/h2-6,9-12,17,19H,7-8,13-16H2,1H3,(H,24,26)(H2,23,27,28). The summed E-state index contributed by atoms with van der Waals surface area (Å²) in [4.78, 5) is 14.8. The van der Waals surface area contributed by atoms with Crippen molar-refractivity contribution in [1.82, 2.24) is 4.90 Å². The first kappa shape index (κ1) is 21.5. The molecule has 7 heteroatoms. The van der Waals surface area contributed by atoms with Gasteiger partial charge in [0.25, 0.3) is 0 Å². The summed E-state index contributed by atoms with van der Waals surface area (Å²) >= 11 is 0. The lowest BCUT2D eigenvalue weighted by molar-refractivity contribution is -0.121. The van der Waals surface area contributed by atoms with Crippen LogP contribution >= 0.6 is 0 Å². The second-order valence-electron chi connectivity index (χ2n) is 7.74. The molecule has 0 aromatic heterocycles. The van der Waals surface area contributed by atoms with Crippen molar-refractivity contribution in [3.05, 3.63) is 60.2 Å². The molecule has 1 aliphatic rings. The molecule has 2 aromatic carbocycles. The molecule has 156 valence electrons. The van der Waals surface area contributed by atoms with E-state index < -0.39 is 10.0 Å². The molecule has 0 radical (unpaired) electrons. The maximum atomic E-state index is 12.6. The van der Waals surface area contributed by atoms with E-state index in [0.29, 0.717) is 11.6 Å². The molecule has 1 atom stereocenters. The minimum Gasteiger partial charge on any atom is -0.325 e. The summed E-state index contributed by atoms with van der Waals surface area (Å²) < 4.78 is 22.6. The SMILES string of the molecule is CC(C(=O)Nc1ccc(S(N)(=O)=O)cc1)N1CCC(CCc2ccccc2)CC1. The van der Waals surface area contributed by atoms with Gasteiger partial charge in [0, 0.05) is 5.69 Å². The van der Waals surface area contributed by atoms with Gasteiger partial charge in [-0.2, -0.15) is 0 Å². The molecule has 2 aromatic rings. The number of aryl methyl sites for hydroxylation is 1. The average Bonchev–Trinajstić information content (AvgIpc) is 2.72. The molecule has 1 aliphatic heterocycles. The number of benzene rings is 2. The Morgan fingerprint density at radius 2 is 1.72 bits per heavy atom. The van der Waals surface area contributed by atoms with Crippen LogP contribution in [-0.2, 0) is 21.2 Å². The number of carbonyl (C=O) groups excluding carboxylic acids is 1. The van der Waals surface area contributed by atoms with Gasteiger partial charge in [0.2, 0.25) is 15.9 Å². The normalized spacial score (nSPS) is 17.0. The van der Waals surface area contributed by atoms with Gasteiger partial charge in [0.1, 0.15) is 0 Å². The van der Waals surface area contributed by atoms with E-state index in [9.17, 15) is 13.2 Å². The molecule has 1 unspecified atom stereocenters. The van der Waals surface area contributed by atoms with E-state index in [-0.39, 0.29) is 16.8 Å². The van der Waals surface area contributed by atoms with Crippen LogP contribution in [0.2, 0.25) is 0 Å². The number of hydrogen-bond donors (Lipinski definition) is 2. The summed E-state index contributed by atoms with van der Waals surface area (Å²) in [5, 5.41) is 7.96. The Bertz CT molecular complexity index is 906. The number of primary sulfonamides is 1. The number of hydrogen-bond acceptors (Lipinski definition) is 4. The Hall–Kier alpha value is -2.22. The summed E-state index contributed by atoms with van der Waals surface area (Å²) in [6.45, 7) is 3.75. The number of sulfonamides is 1. The van der Waals surface area contributed by atoms with Gasteiger partial charge < -0.3 is 5.32 Å². The first-order chi connectivity index (χ1) is 13.8. The summed E-state index contributed by atoms with van der Waals surface area (Å²) in [5.74, 6) is 0.614. The Morgan fingerprint density at radius 3 is 2.31 bits per heavy atom. The topological polar surface area (TPSA) is 92.5 Å². The number of likely N-dealkylation sites (tertiary alicyclic amines) is 1. The monoisotopic (exact) mass is 415 g/mol. The zero-order chi connectivity index (χ0) is 20.9. The van der Waals surface area contributed by atoms with Crippen molar-refractivity contribution in [1.29, 1.82) is 0 Å². The molecule has 1 amide bonds. The number of nitrogens with zero attached hydrogens (tertiary/aromatic N) is 1. The summed E-state index contributed by atoms with van der Waals surface area (Å²) in [5.41, 5.74) is 1.95. The Morgan fingerprint density at radius 1 is 1.10 bits per heavy atom. The molecule has 3 N–H and O–H groups in total. The number of rotatable bonds is 7. The Labute approximate surface area is 173 Å². The van der Waals surface area contributed by atoms with E-state index >= 15 is 0 Å². The van der Waals surface area contributed by atoms with Crippen molar-refractivity contribution in [2.75, 3.05) is 18.4 Å². The zero-order valence-electron chi connectivity index (χ0n) is 16.8. The van der Waals surface area contributed by atoms with Crippen molar-refractivity contribution >= 4 is 21.6 Å². The third-order valence-corrected chi connectivity index (χ3v) is 6.64. The molecule has 6 nitrogen and oxygen atoms in total. The summed E-state index contributed by atoms with van der Waals surface area (Å²) in [6, 6.07) is 16.2. The van der Waals surface area contributed by atoms with Crippen LogP contribution in [0.5, 0.6) is 0 Å². The van der Waals surface area contributed by atoms with Crippen LogP contribution < -0.4 is 10.5 Å². The number of nitrogens with two attached hydrogens (primary N) is 1. The van der Waals surface area contributed by atoms with E-state index in [1.165, 1.54) is 24.1 Å². The van der Waals surface area contributed by atoms with Gasteiger partial charge in [0.05, 0.1) is 10.9 Å². The van der Waals surface area contributed by atoms with Gasteiger partial charge in [0.15, 0.2) is 0 Å².